The van der Waals surface area contributed by atoms with Gasteiger partial charge in [0.05, 0.1) is 0 Å². The first kappa shape index (κ1) is 10.7. The minimum Gasteiger partial charge on any atom is -0.465 e. The monoisotopic (exact) mass is 194 g/mol. The Labute approximate surface area is 83.6 Å². The van der Waals surface area contributed by atoms with E-state index in [1.165, 1.54) is 6.92 Å². The van der Waals surface area contributed by atoms with Crippen molar-refractivity contribution >= 4 is 5.78 Å². The fourth-order valence-corrected chi connectivity index (χ4v) is 1.01. The fraction of sp³-hybridized carbons (Fsp3) is 0.364. The third kappa shape index (κ3) is 2.85. The summed E-state index contributed by atoms with van der Waals surface area (Å²) < 4.78 is 10.3. The molecule has 1 atom stereocenters. The molecule has 3 heteroatoms. The van der Waals surface area contributed by atoms with Gasteiger partial charge in [-0.05, 0) is 38.1 Å². The van der Waals surface area contributed by atoms with E-state index in [-0.39, 0.29) is 12.1 Å². The topological polar surface area (TPSA) is 35.5 Å². The number of methoxy groups -OCH3 is 1. The van der Waals surface area contributed by atoms with Gasteiger partial charge in [0.2, 0.25) is 0 Å². The lowest BCUT2D eigenvalue weighted by Crippen LogP contribution is -2.13. The molecule has 0 amide bonds. The van der Waals surface area contributed by atoms with Crippen molar-refractivity contribution in [2.75, 3.05) is 7.11 Å². The smallest absolute Gasteiger partial charge is 0.196 e. The van der Waals surface area contributed by atoms with Gasteiger partial charge in [-0.2, -0.15) is 0 Å². The summed E-state index contributed by atoms with van der Waals surface area (Å²) >= 11 is 0. The maximum absolute atomic E-state index is 11.0. The molecule has 1 aromatic rings. The maximum atomic E-state index is 11.0. The molecule has 0 spiro atoms. The molecule has 0 heterocycles. The molecule has 0 aliphatic rings. The van der Waals surface area contributed by atoms with Gasteiger partial charge in [-0.3, -0.25) is 4.79 Å². The van der Waals surface area contributed by atoms with Crippen LogP contribution < -0.4 is 4.74 Å². The molecule has 0 N–H and O–H groups in total. The third-order valence-electron chi connectivity index (χ3n) is 1.89. The molecule has 0 fully saturated rings. The number of carbonyl (C=O) groups is 1. The van der Waals surface area contributed by atoms with Crippen LogP contribution in [-0.2, 0) is 4.74 Å². The van der Waals surface area contributed by atoms with Crippen LogP contribution in [0, 0.1) is 0 Å². The van der Waals surface area contributed by atoms with Crippen LogP contribution in [0.2, 0.25) is 0 Å². The molecule has 0 saturated heterocycles. The van der Waals surface area contributed by atoms with E-state index in [2.05, 4.69) is 0 Å². The van der Waals surface area contributed by atoms with E-state index in [1.54, 1.807) is 38.3 Å². The molecule has 14 heavy (non-hydrogen) atoms. The minimum absolute atomic E-state index is 0.0522. The molecule has 0 aliphatic heterocycles. The molecule has 1 aromatic carbocycles. The van der Waals surface area contributed by atoms with Crippen molar-refractivity contribution in [2.24, 2.45) is 0 Å². The normalized spacial score (nSPS) is 12.2. The SMILES string of the molecule is COC(C)Oc1ccc(C(C)=O)cc1. The van der Waals surface area contributed by atoms with E-state index in [0.717, 1.165) is 0 Å². The highest BCUT2D eigenvalue weighted by Gasteiger charge is 2.02. The van der Waals surface area contributed by atoms with Crippen LogP contribution in [-0.4, -0.2) is 19.2 Å². The molecule has 0 aromatic heterocycles. The molecule has 76 valence electrons. The molecule has 0 bridgehead atoms. The minimum atomic E-state index is -0.279. The number of ketones is 1. The van der Waals surface area contributed by atoms with E-state index < -0.39 is 0 Å². The number of benzene rings is 1. The summed E-state index contributed by atoms with van der Waals surface area (Å²) in [7, 11) is 1.58. The molecule has 0 saturated carbocycles. The van der Waals surface area contributed by atoms with Gasteiger partial charge in [-0.25, -0.2) is 0 Å². The number of hydrogen-bond acceptors (Lipinski definition) is 3. The van der Waals surface area contributed by atoms with Crippen LogP contribution in [0.4, 0.5) is 0 Å². The van der Waals surface area contributed by atoms with Crippen molar-refractivity contribution in [3.63, 3.8) is 0 Å². The van der Waals surface area contributed by atoms with Crippen LogP contribution in [0.15, 0.2) is 24.3 Å². The second kappa shape index (κ2) is 4.77. The Kier molecular flexibility index (Phi) is 3.65. The molecular formula is C11H14O3. The van der Waals surface area contributed by atoms with E-state index in [0.29, 0.717) is 11.3 Å². The van der Waals surface area contributed by atoms with Gasteiger partial charge in [-0.1, -0.05) is 0 Å². The average Bonchev–Trinajstić information content (AvgIpc) is 2.18. The zero-order chi connectivity index (χ0) is 10.6. The Bertz CT molecular complexity index is 303. The molecule has 3 nitrogen and oxygen atoms in total. The zero-order valence-electron chi connectivity index (χ0n) is 8.61. The van der Waals surface area contributed by atoms with Crippen molar-refractivity contribution < 1.29 is 14.3 Å². The second-order valence-corrected chi connectivity index (χ2v) is 3.00. The summed E-state index contributed by atoms with van der Waals surface area (Å²) in [5.74, 6) is 0.751. The quantitative estimate of drug-likeness (QED) is 0.544. The van der Waals surface area contributed by atoms with Crippen molar-refractivity contribution in [1.82, 2.24) is 0 Å². The lowest BCUT2D eigenvalue weighted by molar-refractivity contribution is -0.0382. The molecule has 0 radical (unpaired) electrons. The standard InChI is InChI=1S/C11H14O3/c1-8(12)10-4-6-11(7-5-10)14-9(2)13-3/h4-7,9H,1-3H3. The summed E-state index contributed by atoms with van der Waals surface area (Å²) in [6.07, 6.45) is -0.279. The number of ether oxygens (including phenoxy) is 2. The van der Waals surface area contributed by atoms with Crippen LogP contribution >= 0.6 is 0 Å². The third-order valence-corrected chi connectivity index (χ3v) is 1.89. The molecule has 1 unspecified atom stereocenters. The number of Topliss-reactive ketones (excluding diaryl/α,β-unsaturated/α-hetero) is 1. The lowest BCUT2D eigenvalue weighted by atomic mass is 10.1. The predicted octanol–water partition coefficient (Wildman–Crippen LogP) is 2.26. The number of rotatable bonds is 4. The highest BCUT2D eigenvalue weighted by molar-refractivity contribution is 5.94. The Hall–Kier alpha value is -1.35. The lowest BCUT2D eigenvalue weighted by Gasteiger charge is -2.12. The molecule has 0 aliphatic carbocycles. The summed E-state index contributed by atoms with van der Waals surface area (Å²) in [5.41, 5.74) is 0.683. The Morgan fingerprint density at radius 3 is 2.29 bits per heavy atom. The van der Waals surface area contributed by atoms with Crippen molar-refractivity contribution in [1.29, 1.82) is 0 Å². The highest BCUT2D eigenvalue weighted by atomic mass is 16.7. The average molecular weight is 194 g/mol. The van der Waals surface area contributed by atoms with Gasteiger partial charge in [0.25, 0.3) is 0 Å². The van der Waals surface area contributed by atoms with Crippen molar-refractivity contribution in [3.8, 4) is 5.75 Å². The van der Waals surface area contributed by atoms with Crippen LogP contribution in [0.5, 0.6) is 5.75 Å². The van der Waals surface area contributed by atoms with Gasteiger partial charge in [0, 0.05) is 12.7 Å². The van der Waals surface area contributed by atoms with E-state index >= 15 is 0 Å². The van der Waals surface area contributed by atoms with Crippen LogP contribution in [0.25, 0.3) is 0 Å². The van der Waals surface area contributed by atoms with Crippen LogP contribution in [0.3, 0.4) is 0 Å². The van der Waals surface area contributed by atoms with Gasteiger partial charge >= 0.3 is 0 Å². The van der Waals surface area contributed by atoms with Gasteiger partial charge in [0.15, 0.2) is 12.1 Å². The second-order valence-electron chi connectivity index (χ2n) is 3.00. The maximum Gasteiger partial charge on any atom is 0.196 e. The van der Waals surface area contributed by atoms with E-state index in [9.17, 15) is 4.79 Å². The summed E-state index contributed by atoms with van der Waals surface area (Å²) in [5, 5.41) is 0. The summed E-state index contributed by atoms with van der Waals surface area (Å²) in [6, 6.07) is 6.98. The van der Waals surface area contributed by atoms with Gasteiger partial charge in [-0.15, -0.1) is 0 Å². The van der Waals surface area contributed by atoms with Crippen molar-refractivity contribution in [2.45, 2.75) is 20.1 Å². The van der Waals surface area contributed by atoms with E-state index in [1.807, 2.05) is 0 Å². The first-order valence-electron chi connectivity index (χ1n) is 4.44. The Balaban J connectivity index is 2.68. The molecule has 1 rings (SSSR count). The predicted molar refractivity (Wildman–Crippen MR) is 53.5 cm³/mol. The molecular weight excluding hydrogens is 180 g/mol. The van der Waals surface area contributed by atoms with Gasteiger partial charge in [0.1, 0.15) is 5.75 Å². The van der Waals surface area contributed by atoms with E-state index in [4.69, 9.17) is 9.47 Å². The first-order chi connectivity index (χ1) is 6.63. The largest absolute Gasteiger partial charge is 0.465 e. The fourth-order valence-electron chi connectivity index (χ4n) is 1.01. The Morgan fingerprint density at radius 1 is 1.29 bits per heavy atom. The Morgan fingerprint density at radius 2 is 1.86 bits per heavy atom. The first-order valence-corrected chi connectivity index (χ1v) is 4.44. The van der Waals surface area contributed by atoms with Gasteiger partial charge < -0.3 is 9.47 Å². The summed E-state index contributed by atoms with van der Waals surface area (Å²) in [4.78, 5) is 11.0. The number of hydrogen-bond donors (Lipinski definition) is 0. The van der Waals surface area contributed by atoms with Crippen molar-refractivity contribution in [3.05, 3.63) is 29.8 Å². The number of carbonyl (C=O) groups excluding carboxylic acids is 1. The zero-order valence-corrected chi connectivity index (χ0v) is 8.61. The highest BCUT2D eigenvalue weighted by Crippen LogP contribution is 2.14. The summed E-state index contributed by atoms with van der Waals surface area (Å²) in [6.45, 7) is 3.34. The van der Waals surface area contributed by atoms with Crippen LogP contribution in [0.1, 0.15) is 24.2 Å².